The highest BCUT2D eigenvalue weighted by Gasteiger charge is 2.08. The summed E-state index contributed by atoms with van der Waals surface area (Å²) in [7, 11) is 0. The van der Waals surface area contributed by atoms with Gasteiger partial charge in [-0.1, -0.05) is 0 Å². The van der Waals surface area contributed by atoms with E-state index in [1.165, 1.54) is 0 Å². The van der Waals surface area contributed by atoms with Crippen LogP contribution in [0.3, 0.4) is 0 Å². The number of carbonyl (C=O) groups excluding carboxylic acids is 3. The highest BCUT2D eigenvalue weighted by atomic mass is 16.6. The molecule has 0 aliphatic carbocycles. The van der Waals surface area contributed by atoms with E-state index in [0.717, 1.165) is 0 Å². The monoisotopic (exact) mass is 261 g/mol. The van der Waals surface area contributed by atoms with Crippen molar-refractivity contribution in [3.63, 3.8) is 0 Å². The summed E-state index contributed by atoms with van der Waals surface area (Å²) in [5.41, 5.74) is 4.54. The first kappa shape index (κ1) is 16.2. The molecule has 0 unspecified atom stereocenters. The minimum atomic E-state index is -0.711. The lowest BCUT2D eigenvalue weighted by Crippen LogP contribution is -2.15. The fraction of sp³-hybridized carbons (Fsp3) is 0.727. The number of carbonyl (C=O) groups is 3. The molecule has 0 atom stereocenters. The minimum absolute atomic E-state index is 0.185. The maximum atomic E-state index is 10.8. The number of hydrogen-bond donors (Lipinski definition) is 1. The van der Waals surface area contributed by atoms with Gasteiger partial charge >= 0.3 is 18.0 Å². The third-order valence-corrected chi connectivity index (χ3v) is 1.91. The molecule has 0 aromatic carbocycles. The van der Waals surface area contributed by atoms with Gasteiger partial charge in [-0.3, -0.25) is 9.59 Å². The lowest BCUT2D eigenvalue weighted by atomic mass is 10.2. The molecule has 18 heavy (non-hydrogen) atoms. The molecular weight excluding hydrogens is 242 g/mol. The number of cyclic esters (lactones) is 2. The van der Waals surface area contributed by atoms with Crippen LogP contribution >= 0.6 is 0 Å². The second kappa shape index (κ2) is 10.4. The SMILES string of the molecule is CCOC(N)=O.O=C1CCCCC(=O)OCCO1. The van der Waals surface area contributed by atoms with Crippen LogP contribution in [0.1, 0.15) is 32.6 Å². The second-order valence-corrected chi connectivity index (χ2v) is 3.40. The Morgan fingerprint density at radius 3 is 1.89 bits per heavy atom. The summed E-state index contributed by atoms with van der Waals surface area (Å²) in [6.07, 6.45) is 1.51. The van der Waals surface area contributed by atoms with Crippen molar-refractivity contribution < 1.29 is 28.6 Å². The highest BCUT2D eigenvalue weighted by molar-refractivity contribution is 5.71. The van der Waals surface area contributed by atoms with Crippen molar-refractivity contribution in [3.05, 3.63) is 0 Å². The molecule has 0 aromatic heterocycles. The molecule has 1 heterocycles. The average molecular weight is 261 g/mol. The highest BCUT2D eigenvalue weighted by Crippen LogP contribution is 2.04. The molecule has 0 aromatic rings. The molecule has 1 saturated heterocycles. The Morgan fingerprint density at radius 2 is 1.61 bits per heavy atom. The predicted molar refractivity (Wildman–Crippen MR) is 61.6 cm³/mol. The molecule has 1 fully saturated rings. The van der Waals surface area contributed by atoms with Crippen molar-refractivity contribution in [3.8, 4) is 0 Å². The number of primary amides is 1. The van der Waals surface area contributed by atoms with E-state index in [1.54, 1.807) is 6.92 Å². The van der Waals surface area contributed by atoms with Gasteiger partial charge in [0.15, 0.2) is 0 Å². The summed E-state index contributed by atoms with van der Waals surface area (Å²) < 4.78 is 13.7. The van der Waals surface area contributed by atoms with Crippen molar-refractivity contribution >= 4 is 18.0 Å². The van der Waals surface area contributed by atoms with Crippen LogP contribution < -0.4 is 5.73 Å². The zero-order valence-electron chi connectivity index (χ0n) is 10.5. The fourth-order valence-corrected chi connectivity index (χ4v) is 1.14. The van der Waals surface area contributed by atoms with E-state index in [4.69, 9.17) is 9.47 Å². The van der Waals surface area contributed by atoms with Gasteiger partial charge in [0, 0.05) is 12.8 Å². The van der Waals surface area contributed by atoms with Gasteiger partial charge in [-0.2, -0.15) is 0 Å². The van der Waals surface area contributed by atoms with Gasteiger partial charge in [0.05, 0.1) is 6.61 Å². The normalized spacial score (nSPS) is 16.5. The Bertz CT molecular complexity index is 243. The van der Waals surface area contributed by atoms with Crippen molar-refractivity contribution in [1.82, 2.24) is 0 Å². The lowest BCUT2D eigenvalue weighted by Gasteiger charge is -2.08. The smallest absolute Gasteiger partial charge is 0.404 e. The first-order valence-corrected chi connectivity index (χ1v) is 5.79. The maximum absolute atomic E-state index is 10.8. The molecule has 1 aliphatic heterocycles. The number of ether oxygens (including phenoxy) is 3. The summed E-state index contributed by atoms with van der Waals surface area (Å²) in [6, 6.07) is 0. The molecule has 7 heteroatoms. The van der Waals surface area contributed by atoms with Gasteiger partial charge in [0.2, 0.25) is 0 Å². The van der Waals surface area contributed by atoms with E-state index in [2.05, 4.69) is 10.5 Å². The van der Waals surface area contributed by atoms with E-state index in [-0.39, 0.29) is 25.2 Å². The first-order valence-electron chi connectivity index (χ1n) is 5.79. The molecule has 1 amide bonds. The average Bonchev–Trinajstić information content (AvgIpc) is 2.31. The summed E-state index contributed by atoms with van der Waals surface area (Å²) in [5.74, 6) is -0.402. The van der Waals surface area contributed by atoms with E-state index in [1.807, 2.05) is 0 Å². The Labute approximate surface area is 106 Å². The predicted octanol–water partition coefficient (Wildman–Crippen LogP) is 0.748. The zero-order valence-corrected chi connectivity index (χ0v) is 10.5. The fourth-order valence-electron chi connectivity index (χ4n) is 1.14. The lowest BCUT2D eigenvalue weighted by molar-refractivity contribution is -0.153. The first-order chi connectivity index (χ1) is 8.56. The molecule has 2 N–H and O–H groups in total. The third kappa shape index (κ3) is 10.7. The summed E-state index contributed by atoms with van der Waals surface area (Å²) in [4.78, 5) is 31.2. The molecule has 0 bridgehead atoms. The van der Waals surface area contributed by atoms with Crippen LogP contribution in [0.2, 0.25) is 0 Å². The largest absolute Gasteiger partial charge is 0.462 e. The molecule has 1 rings (SSSR count). The molecule has 1 aliphatic rings. The van der Waals surface area contributed by atoms with Crippen molar-refractivity contribution in [2.75, 3.05) is 19.8 Å². The Morgan fingerprint density at radius 1 is 1.17 bits per heavy atom. The quantitative estimate of drug-likeness (QED) is 0.551. The van der Waals surface area contributed by atoms with Gasteiger partial charge in [0.25, 0.3) is 0 Å². The third-order valence-electron chi connectivity index (χ3n) is 1.91. The van der Waals surface area contributed by atoms with Crippen molar-refractivity contribution in [2.45, 2.75) is 32.6 Å². The van der Waals surface area contributed by atoms with Crippen LogP contribution in [0.4, 0.5) is 4.79 Å². The van der Waals surface area contributed by atoms with Crippen molar-refractivity contribution in [2.24, 2.45) is 5.73 Å². The van der Waals surface area contributed by atoms with Gasteiger partial charge in [0.1, 0.15) is 13.2 Å². The second-order valence-electron chi connectivity index (χ2n) is 3.40. The number of nitrogens with two attached hydrogens (primary N) is 1. The van der Waals surface area contributed by atoms with Crippen LogP contribution in [-0.2, 0) is 23.8 Å². The molecule has 7 nitrogen and oxygen atoms in total. The summed E-state index contributed by atoms with van der Waals surface area (Å²) in [5, 5.41) is 0. The van der Waals surface area contributed by atoms with Gasteiger partial charge < -0.3 is 19.9 Å². The topological polar surface area (TPSA) is 105 Å². The van der Waals surface area contributed by atoms with Crippen LogP contribution in [0.25, 0.3) is 0 Å². The van der Waals surface area contributed by atoms with Crippen LogP contribution in [0.5, 0.6) is 0 Å². The van der Waals surface area contributed by atoms with E-state index in [9.17, 15) is 14.4 Å². The Kier molecular flexibility index (Phi) is 9.34. The van der Waals surface area contributed by atoms with Crippen LogP contribution in [0.15, 0.2) is 0 Å². The zero-order chi connectivity index (χ0) is 13.8. The Balaban J connectivity index is 0.000000411. The van der Waals surface area contributed by atoms with E-state index < -0.39 is 6.09 Å². The maximum Gasteiger partial charge on any atom is 0.404 e. The van der Waals surface area contributed by atoms with E-state index in [0.29, 0.717) is 32.3 Å². The summed E-state index contributed by atoms with van der Waals surface area (Å²) >= 11 is 0. The molecule has 0 spiro atoms. The number of hydrogen-bond acceptors (Lipinski definition) is 6. The number of esters is 2. The van der Waals surface area contributed by atoms with Crippen molar-refractivity contribution in [1.29, 1.82) is 0 Å². The Hall–Kier alpha value is -1.79. The van der Waals surface area contributed by atoms with Crippen LogP contribution in [-0.4, -0.2) is 37.9 Å². The standard InChI is InChI=1S/C8H12O4.C3H7NO2/c9-7-3-1-2-4-8(10)12-6-5-11-7;1-2-6-3(4)5/h1-6H2;2H2,1H3,(H2,4,5). The minimum Gasteiger partial charge on any atom is -0.462 e. The molecular formula is C11H19NO6. The van der Waals surface area contributed by atoms with Gasteiger partial charge in [-0.25, -0.2) is 4.79 Å². The van der Waals surface area contributed by atoms with E-state index >= 15 is 0 Å². The van der Waals surface area contributed by atoms with Gasteiger partial charge in [-0.05, 0) is 19.8 Å². The number of amides is 1. The molecule has 0 radical (unpaired) electrons. The molecule has 104 valence electrons. The number of rotatable bonds is 1. The van der Waals surface area contributed by atoms with Gasteiger partial charge in [-0.15, -0.1) is 0 Å². The summed E-state index contributed by atoms with van der Waals surface area (Å²) in [6.45, 7) is 2.43. The molecule has 0 saturated carbocycles. The van der Waals surface area contributed by atoms with Crippen LogP contribution in [0, 0.1) is 0 Å².